The van der Waals surface area contributed by atoms with Gasteiger partial charge in [-0.3, -0.25) is 0 Å². The molecular weight excluding hydrogens is 195 g/mol. The minimum Gasteiger partial charge on any atom is -0.211 e. The molecule has 0 N–H and O–H groups in total. The number of hydrogen-bond acceptors (Lipinski definition) is 2. The van der Waals surface area contributed by atoms with E-state index in [0.29, 0.717) is 0 Å². The van der Waals surface area contributed by atoms with E-state index in [2.05, 4.69) is 4.99 Å². The molecule has 1 aromatic carbocycles. The highest BCUT2D eigenvalue weighted by Gasteiger charge is 2.13. The zero-order chi connectivity index (χ0) is 10.7. The fraction of sp³-hybridized carbons (Fsp3) is 0.222. The quantitative estimate of drug-likeness (QED) is 0.410. The summed E-state index contributed by atoms with van der Waals surface area (Å²) in [6.45, 7) is 1.44. The lowest BCUT2D eigenvalue weighted by Crippen LogP contribution is -1.97. The van der Waals surface area contributed by atoms with Gasteiger partial charge >= 0.3 is 0 Å². The first-order valence-electron chi connectivity index (χ1n) is 3.77. The molecular formula is C9H6F3NO. The first kappa shape index (κ1) is 10.5. The van der Waals surface area contributed by atoms with E-state index in [0.717, 1.165) is 12.1 Å². The van der Waals surface area contributed by atoms with Gasteiger partial charge in [0.15, 0.2) is 17.5 Å². The molecule has 1 aromatic rings. The molecule has 1 rings (SSSR count). The van der Waals surface area contributed by atoms with E-state index < -0.39 is 23.5 Å². The Hall–Kier alpha value is -1.61. The summed E-state index contributed by atoms with van der Waals surface area (Å²) in [5.74, 6) is -4.13. The van der Waals surface area contributed by atoms with Crippen LogP contribution < -0.4 is 0 Å². The van der Waals surface area contributed by atoms with Gasteiger partial charge in [0.05, 0.1) is 6.04 Å². The average molecular weight is 201 g/mol. The van der Waals surface area contributed by atoms with Crippen molar-refractivity contribution in [1.82, 2.24) is 0 Å². The number of hydrogen-bond donors (Lipinski definition) is 0. The lowest BCUT2D eigenvalue weighted by atomic mass is 10.1. The minimum absolute atomic E-state index is 0.0877. The van der Waals surface area contributed by atoms with E-state index >= 15 is 0 Å². The number of isocyanates is 1. The van der Waals surface area contributed by atoms with Gasteiger partial charge in [0.1, 0.15) is 0 Å². The maximum atomic E-state index is 12.7. The van der Waals surface area contributed by atoms with Gasteiger partial charge in [-0.25, -0.2) is 18.0 Å². The predicted octanol–water partition coefficient (Wildman–Crippen LogP) is 2.50. The molecule has 0 heterocycles. The Morgan fingerprint density at radius 1 is 1.29 bits per heavy atom. The van der Waals surface area contributed by atoms with Crippen molar-refractivity contribution in [2.75, 3.05) is 0 Å². The molecule has 0 saturated carbocycles. The molecule has 0 bridgehead atoms. The Balaban J connectivity index is 3.18. The van der Waals surface area contributed by atoms with Crippen molar-refractivity contribution in [2.24, 2.45) is 4.99 Å². The molecule has 2 nitrogen and oxygen atoms in total. The molecule has 1 atom stereocenters. The van der Waals surface area contributed by atoms with Crippen LogP contribution in [-0.2, 0) is 4.79 Å². The summed E-state index contributed by atoms with van der Waals surface area (Å²) < 4.78 is 37.9. The standard InChI is InChI=1S/C9H6F3NO/c1-5(13-4-14)6-2-7(10)9(12)8(11)3-6/h2-3,5H,1H3. The highest BCUT2D eigenvalue weighted by Crippen LogP contribution is 2.20. The van der Waals surface area contributed by atoms with E-state index in [1.807, 2.05) is 0 Å². The molecule has 74 valence electrons. The van der Waals surface area contributed by atoms with Crippen LogP contribution in [0.3, 0.4) is 0 Å². The fourth-order valence-corrected chi connectivity index (χ4v) is 0.970. The predicted molar refractivity (Wildman–Crippen MR) is 42.9 cm³/mol. The Labute approximate surface area is 78.1 Å². The summed E-state index contributed by atoms with van der Waals surface area (Å²) in [7, 11) is 0. The van der Waals surface area contributed by atoms with Crippen molar-refractivity contribution in [3.05, 3.63) is 35.1 Å². The molecule has 0 aliphatic heterocycles. The van der Waals surface area contributed by atoms with Crippen LogP contribution in [0.25, 0.3) is 0 Å². The van der Waals surface area contributed by atoms with Crippen molar-refractivity contribution >= 4 is 6.08 Å². The summed E-state index contributed by atoms with van der Waals surface area (Å²) in [5, 5.41) is 0. The highest BCUT2D eigenvalue weighted by atomic mass is 19.2. The maximum absolute atomic E-state index is 12.7. The molecule has 0 saturated heterocycles. The summed E-state index contributed by atoms with van der Waals surface area (Å²) in [4.78, 5) is 13.1. The normalized spacial score (nSPS) is 12.0. The zero-order valence-corrected chi connectivity index (χ0v) is 7.22. The maximum Gasteiger partial charge on any atom is 0.235 e. The monoisotopic (exact) mass is 201 g/mol. The fourth-order valence-electron chi connectivity index (χ4n) is 0.970. The van der Waals surface area contributed by atoms with Crippen LogP contribution in [-0.4, -0.2) is 6.08 Å². The first-order chi connectivity index (χ1) is 6.56. The number of benzene rings is 1. The van der Waals surface area contributed by atoms with Gasteiger partial charge in [-0.1, -0.05) is 0 Å². The second-order valence-electron chi connectivity index (χ2n) is 2.69. The number of carbonyl (C=O) groups excluding carboxylic acids is 1. The van der Waals surface area contributed by atoms with Crippen molar-refractivity contribution in [1.29, 1.82) is 0 Å². The van der Waals surface area contributed by atoms with Gasteiger partial charge in [-0.05, 0) is 24.6 Å². The van der Waals surface area contributed by atoms with Gasteiger partial charge in [0.2, 0.25) is 6.08 Å². The van der Waals surface area contributed by atoms with E-state index in [4.69, 9.17) is 0 Å². The highest BCUT2D eigenvalue weighted by molar-refractivity contribution is 5.35. The second kappa shape index (κ2) is 4.07. The molecule has 1 unspecified atom stereocenters. The third-order valence-corrected chi connectivity index (χ3v) is 1.73. The number of aliphatic imine (C=N–C) groups is 1. The first-order valence-corrected chi connectivity index (χ1v) is 3.77. The van der Waals surface area contributed by atoms with Crippen molar-refractivity contribution in [3.8, 4) is 0 Å². The van der Waals surface area contributed by atoms with Crippen LogP contribution >= 0.6 is 0 Å². The Morgan fingerprint density at radius 2 is 1.79 bits per heavy atom. The molecule has 0 amide bonds. The van der Waals surface area contributed by atoms with Crippen LogP contribution in [0.15, 0.2) is 17.1 Å². The topological polar surface area (TPSA) is 29.4 Å². The van der Waals surface area contributed by atoms with E-state index in [1.54, 1.807) is 0 Å². The summed E-state index contributed by atoms with van der Waals surface area (Å²) in [6, 6.07) is 0.852. The molecule has 0 radical (unpaired) electrons. The third-order valence-electron chi connectivity index (χ3n) is 1.73. The van der Waals surface area contributed by atoms with Gasteiger partial charge in [0.25, 0.3) is 0 Å². The van der Waals surface area contributed by atoms with Crippen LogP contribution in [0.2, 0.25) is 0 Å². The lowest BCUT2D eigenvalue weighted by molar-refractivity contribution is 0.444. The Bertz CT molecular complexity index is 376. The van der Waals surface area contributed by atoms with E-state index in [1.165, 1.54) is 13.0 Å². The van der Waals surface area contributed by atoms with Crippen LogP contribution in [0.1, 0.15) is 18.5 Å². The molecule has 0 aliphatic rings. The number of halogens is 3. The molecule has 0 aliphatic carbocycles. The third kappa shape index (κ3) is 2.00. The molecule has 14 heavy (non-hydrogen) atoms. The Morgan fingerprint density at radius 3 is 2.21 bits per heavy atom. The van der Waals surface area contributed by atoms with E-state index in [9.17, 15) is 18.0 Å². The zero-order valence-electron chi connectivity index (χ0n) is 7.22. The molecule has 0 fully saturated rings. The molecule has 0 spiro atoms. The van der Waals surface area contributed by atoms with E-state index in [-0.39, 0.29) is 5.56 Å². The number of nitrogens with zero attached hydrogens (tertiary/aromatic N) is 1. The summed E-state index contributed by atoms with van der Waals surface area (Å²) in [6.07, 6.45) is 1.26. The van der Waals surface area contributed by atoms with Crippen molar-refractivity contribution < 1.29 is 18.0 Å². The lowest BCUT2D eigenvalue weighted by Gasteiger charge is -2.05. The van der Waals surface area contributed by atoms with Crippen molar-refractivity contribution in [2.45, 2.75) is 13.0 Å². The summed E-state index contributed by atoms with van der Waals surface area (Å²) in [5.41, 5.74) is 0.0877. The number of rotatable bonds is 2. The minimum atomic E-state index is -1.53. The largest absolute Gasteiger partial charge is 0.235 e. The van der Waals surface area contributed by atoms with Gasteiger partial charge in [0, 0.05) is 0 Å². The van der Waals surface area contributed by atoms with Crippen LogP contribution in [0.5, 0.6) is 0 Å². The average Bonchev–Trinajstić information content (AvgIpc) is 2.13. The smallest absolute Gasteiger partial charge is 0.211 e. The summed E-state index contributed by atoms with van der Waals surface area (Å²) >= 11 is 0. The Kier molecular flexibility index (Phi) is 3.04. The molecule has 5 heteroatoms. The van der Waals surface area contributed by atoms with Gasteiger partial charge in [-0.2, -0.15) is 4.99 Å². The van der Waals surface area contributed by atoms with Gasteiger partial charge < -0.3 is 0 Å². The second-order valence-corrected chi connectivity index (χ2v) is 2.69. The van der Waals surface area contributed by atoms with Crippen LogP contribution in [0, 0.1) is 17.5 Å². The van der Waals surface area contributed by atoms with Crippen LogP contribution in [0.4, 0.5) is 13.2 Å². The van der Waals surface area contributed by atoms with Gasteiger partial charge in [-0.15, -0.1) is 0 Å². The van der Waals surface area contributed by atoms with Crippen molar-refractivity contribution in [3.63, 3.8) is 0 Å². The molecule has 0 aromatic heterocycles. The SMILES string of the molecule is CC(N=C=O)c1cc(F)c(F)c(F)c1.